The first-order valence-electron chi connectivity index (χ1n) is 19.1. The smallest absolute Gasteiger partial charge is 0.189 e. The summed E-state index contributed by atoms with van der Waals surface area (Å²) in [6, 6.07) is 18.3. The van der Waals surface area contributed by atoms with Crippen LogP contribution >= 0.6 is 0 Å². The Morgan fingerprint density at radius 1 is 0.920 bits per heavy atom. The van der Waals surface area contributed by atoms with Gasteiger partial charge in [-0.05, 0) is 86.2 Å². The van der Waals surface area contributed by atoms with E-state index in [9.17, 15) is 20.4 Å². The summed E-state index contributed by atoms with van der Waals surface area (Å²) in [5.74, 6) is 0.328. The predicted octanol–water partition coefficient (Wildman–Crippen LogP) is 5.96. The molecule has 0 amide bonds. The van der Waals surface area contributed by atoms with Gasteiger partial charge in [0, 0.05) is 53.6 Å². The van der Waals surface area contributed by atoms with E-state index in [1.165, 1.54) is 0 Å². The van der Waals surface area contributed by atoms with Crippen molar-refractivity contribution in [3.05, 3.63) is 84.0 Å². The van der Waals surface area contributed by atoms with Crippen molar-refractivity contribution in [3.63, 3.8) is 0 Å². The Balaban J connectivity index is 1.18. The zero-order chi connectivity index (χ0) is 34.9. The fourth-order valence-corrected chi connectivity index (χ4v) is 12.2. The first kappa shape index (κ1) is 34.4. The van der Waals surface area contributed by atoms with E-state index < -0.39 is 28.6 Å². The predicted molar refractivity (Wildman–Crippen MR) is 193 cm³/mol. The van der Waals surface area contributed by atoms with Crippen molar-refractivity contribution in [3.8, 4) is 11.1 Å². The van der Waals surface area contributed by atoms with Crippen LogP contribution in [0.1, 0.15) is 82.0 Å². The number of aliphatic hydroxyl groups excluding tert-OH is 3. The molecule has 6 aliphatic carbocycles. The summed E-state index contributed by atoms with van der Waals surface area (Å²) in [5, 5.41) is 44.3. The lowest BCUT2D eigenvalue weighted by molar-refractivity contribution is -0.177. The number of fused-ring (bicyclic) bond motifs is 1. The number of allylic oxidation sites excluding steroid dienone is 4. The molecule has 2 bridgehead atoms. The molecule has 7 aliphatic rings. The molecule has 3 saturated carbocycles. The molecular formula is C43H55NO6. The Hall–Kier alpha value is -2.65. The number of ether oxygens (including phenoxy) is 1. The van der Waals surface area contributed by atoms with E-state index >= 15 is 4.79 Å². The highest BCUT2D eigenvalue weighted by molar-refractivity contribution is 6.10. The third kappa shape index (κ3) is 5.09. The van der Waals surface area contributed by atoms with Crippen molar-refractivity contribution in [1.29, 1.82) is 0 Å². The Morgan fingerprint density at radius 2 is 1.62 bits per heavy atom. The van der Waals surface area contributed by atoms with Gasteiger partial charge in [0.25, 0.3) is 0 Å². The number of Topliss-reactive ketones (excluding diaryl/α,β-unsaturated/α-hetero) is 1. The van der Waals surface area contributed by atoms with Gasteiger partial charge in [0.05, 0.1) is 30.5 Å². The third-order valence-electron chi connectivity index (χ3n) is 14.9. The van der Waals surface area contributed by atoms with Crippen LogP contribution in [0.3, 0.4) is 0 Å². The molecule has 7 heteroatoms. The fourth-order valence-electron chi connectivity index (χ4n) is 12.2. The quantitative estimate of drug-likeness (QED) is 0.181. The Bertz CT molecular complexity index is 1650. The third-order valence-corrected chi connectivity index (χ3v) is 14.9. The van der Waals surface area contributed by atoms with Crippen LogP contribution in [-0.2, 0) is 4.74 Å². The summed E-state index contributed by atoms with van der Waals surface area (Å²) in [6.07, 6.45) is 13.2. The molecule has 0 radical (unpaired) electrons. The first-order chi connectivity index (χ1) is 24.0. The molecule has 9 rings (SSSR count). The highest BCUT2D eigenvalue weighted by atomic mass is 16.5. The summed E-state index contributed by atoms with van der Waals surface area (Å²) in [6.45, 7) is 6.36. The molecule has 1 heterocycles. The number of nitrogens with zero attached hydrogens (tertiary/aromatic N) is 1. The first-order valence-corrected chi connectivity index (χ1v) is 19.1. The van der Waals surface area contributed by atoms with Crippen LogP contribution in [0.2, 0.25) is 0 Å². The highest BCUT2D eigenvalue weighted by Gasteiger charge is 2.74. The minimum atomic E-state index is -1.04. The van der Waals surface area contributed by atoms with Gasteiger partial charge in [-0.15, -0.1) is 0 Å². The maximum Gasteiger partial charge on any atom is 0.189 e. The van der Waals surface area contributed by atoms with E-state index in [-0.39, 0.29) is 47.7 Å². The number of carbonyl (C=O) groups is 1. The largest absolute Gasteiger partial charge is 0.394 e. The van der Waals surface area contributed by atoms with Gasteiger partial charge < -0.3 is 25.2 Å². The van der Waals surface area contributed by atoms with E-state index in [2.05, 4.69) is 49.1 Å². The van der Waals surface area contributed by atoms with E-state index in [0.717, 1.165) is 68.3 Å². The highest BCUT2D eigenvalue weighted by Crippen LogP contribution is 2.78. The number of carbonyl (C=O) groups excluding carboxylic acids is 1. The molecule has 0 aromatic heterocycles. The van der Waals surface area contributed by atoms with Gasteiger partial charge in [-0.1, -0.05) is 86.7 Å². The van der Waals surface area contributed by atoms with Crippen molar-refractivity contribution < 1.29 is 30.0 Å². The summed E-state index contributed by atoms with van der Waals surface area (Å²) < 4.78 is 5.98. The Labute approximate surface area is 297 Å². The molecule has 50 heavy (non-hydrogen) atoms. The van der Waals surface area contributed by atoms with Gasteiger partial charge >= 0.3 is 0 Å². The molecule has 1 unspecified atom stereocenters. The molecule has 2 aromatic carbocycles. The standard InChI is InChI=1S/C43H55NO6/c1-39-17-14-32(46)23-41(39)20-21-43(35(24-41)38(48)31-12-10-30(11-13-31)29-7-4-3-5-8-29)36(39)15-18-40(2)37(43)16-19-42(40,49)28-44(25-33(47)27-45)26-34-9-6-22-50-34/h3-5,7-8,10-13,20-21,24,32-34,36-37,45-47,49H,6,9,14-19,22-23,25-28H2,1-2H3/t32?,33-,34+,36+,37+,39+,40-,41-,42+,43+/m0/s1. The number of hydrogen-bond acceptors (Lipinski definition) is 7. The van der Waals surface area contributed by atoms with E-state index in [1.807, 2.05) is 42.5 Å². The second kappa shape index (κ2) is 12.5. The van der Waals surface area contributed by atoms with Crippen LogP contribution in [0.15, 0.2) is 78.4 Å². The van der Waals surface area contributed by atoms with Gasteiger partial charge in [-0.2, -0.15) is 0 Å². The molecular weight excluding hydrogens is 626 g/mol. The van der Waals surface area contributed by atoms with Gasteiger partial charge in [-0.25, -0.2) is 0 Å². The number of ketones is 1. The number of hydrogen-bond donors (Lipinski definition) is 4. The topological polar surface area (TPSA) is 110 Å². The average Bonchev–Trinajstić information content (AvgIpc) is 3.73. The molecule has 1 saturated heterocycles. The average molecular weight is 682 g/mol. The summed E-state index contributed by atoms with van der Waals surface area (Å²) in [5.41, 5.74) is 1.19. The molecule has 10 atom stereocenters. The molecule has 268 valence electrons. The van der Waals surface area contributed by atoms with E-state index in [1.54, 1.807) is 0 Å². The van der Waals surface area contributed by atoms with Crippen LogP contribution in [0.25, 0.3) is 11.1 Å². The van der Waals surface area contributed by atoms with Crippen LogP contribution in [-0.4, -0.2) is 87.9 Å². The zero-order valence-electron chi connectivity index (χ0n) is 29.8. The molecule has 4 fully saturated rings. The van der Waals surface area contributed by atoms with Gasteiger partial charge in [0.1, 0.15) is 0 Å². The molecule has 7 nitrogen and oxygen atoms in total. The van der Waals surface area contributed by atoms with Crippen molar-refractivity contribution in [1.82, 2.24) is 4.90 Å². The lowest BCUT2D eigenvalue weighted by Gasteiger charge is -2.71. The van der Waals surface area contributed by atoms with Crippen LogP contribution in [0.5, 0.6) is 0 Å². The fraction of sp³-hybridized carbons (Fsp3) is 0.605. The molecule has 2 aromatic rings. The normalized spacial score (nSPS) is 40.7. The maximum absolute atomic E-state index is 15.0. The molecule has 2 spiro atoms. The van der Waals surface area contributed by atoms with E-state index in [4.69, 9.17) is 4.74 Å². The molecule has 4 N–H and O–H groups in total. The summed E-state index contributed by atoms with van der Waals surface area (Å²) in [7, 11) is 0. The van der Waals surface area contributed by atoms with Crippen LogP contribution in [0.4, 0.5) is 0 Å². The lowest BCUT2D eigenvalue weighted by Crippen LogP contribution is -2.67. The van der Waals surface area contributed by atoms with Gasteiger partial charge in [0.2, 0.25) is 0 Å². The minimum Gasteiger partial charge on any atom is -0.394 e. The SMILES string of the molecule is C[C@]12CC[C@H]3[C@]4(C=C[C@@]5(C=C4C(=O)c4ccc(-c6ccccc6)cc4)CC(O)CC[C@]35C)[C@@H]1CC[C@@]2(O)CN(C[C@H](O)CO)C[C@H]1CCCO1. The van der Waals surface area contributed by atoms with Crippen molar-refractivity contribution >= 4 is 5.78 Å². The molecule has 1 aliphatic heterocycles. The second-order valence-corrected chi connectivity index (χ2v) is 17.2. The monoisotopic (exact) mass is 681 g/mol. The minimum absolute atomic E-state index is 0.0445. The number of aliphatic hydroxyl groups is 4. The Morgan fingerprint density at radius 3 is 2.34 bits per heavy atom. The van der Waals surface area contributed by atoms with Crippen molar-refractivity contribution in [2.24, 2.45) is 33.5 Å². The second-order valence-electron chi connectivity index (χ2n) is 17.2. The number of benzene rings is 2. The van der Waals surface area contributed by atoms with Gasteiger partial charge in [0.15, 0.2) is 5.78 Å². The zero-order valence-corrected chi connectivity index (χ0v) is 29.8. The lowest BCUT2D eigenvalue weighted by atomic mass is 9.32. The van der Waals surface area contributed by atoms with Crippen molar-refractivity contribution in [2.45, 2.75) is 95.5 Å². The number of rotatable bonds is 10. The van der Waals surface area contributed by atoms with Crippen molar-refractivity contribution in [2.75, 3.05) is 32.8 Å². The van der Waals surface area contributed by atoms with E-state index in [0.29, 0.717) is 31.5 Å². The van der Waals surface area contributed by atoms with Crippen LogP contribution in [0, 0.1) is 33.5 Å². The summed E-state index contributed by atoms with van der Waals surface area (Å²) in [4.78, 5) is 17.1. The Kier molecular flexibility index (Phi) is 8.60. The summed E-state index contributed by atoms with van der Waals surface area (Å²) >= 11 is 0. The van der Waals surface area contributed by atoms with Crippen LogP contribution < -0.4 is 0 Å². The maximum atomic E-state index is 15.0. The van der Waals surface area contributed by atoms with Gasteiger partial charge in [-0.3, -0.25) is 9.69 Å².